The topological polar surface area (TPSA) is 89.8 Å². The van der Waals surface area contributed by atoms with Gasteiger partial charge in [0.2, 0.25) is 0 Å². The highest BCUT2D eigenvalue weighted by Crippen LogP contribution is 2.32. The van der Waals surface area contributed by atoms with E-state index in [4.69, 9.17) is 4.74 Å². The van der Waals surface area contributed by atoms with Crippen LogP contribution in [0.4, 0.5) is 15.4 Å². The Morgan fingerprint density at radius 2 is 1.73 bits per heavy atom. The molecule has 4 aromatic rings. The molecule has 0 atom stereocenters. The van der Waals surface area contributed by atoms with Crippen LogP contribution in [0, 0.1) is 0 Å². The number of esters is 1. The number of benzene rings is 2. The highest BCUT2D eigenvalue weighted by molar-refractivity contribution is 7.86. The maximum absolute atomic E-state index is 13.2. The van der Waals surface area contributed by atoms with Gasteiger partial charge in [0.25, 0.3) is 0 Å². The van der Waals surface area contributed by atoms with Gasteiger partial charge in [-0.25, -0.2) is 9.78 Å². The molecule has 4 rings (SSSR count). The zero-order chi connectivity index (χ0) is 21.3. The predicted octanol–water partition coefficient (Wildman–Crippen LogP) is 4.19. The molecule has 0 fully saturated rings. The van der Waals surface area contributed by atoms with E-state index in [1.807, 2.05) is 28.8 Å². The molecule has 0 spiro atoms. The minimum absolute atomic E-state index is 0.414. The van der Waals surface area contributed by atoms with Gasteiger partial charge in [-0.2, -0.15) is 8.42 Å². The Kier molecular flexibility index (Phi) is 4.96. The summed E-state index contributed by atoms with van der Waals surface area (Å²) in [7, 11) is -3.46. The number of nitrogens with zero attached hydrogens (tertiary/aromatic N) is 2. The average molecular weight is 425 g/mol. The Balaban J connectivity index is 1.76. The van der Waals surface area contributed by atoms with Crippen LogP contribution in [0.5, 0.6) is 0 Å². The summed E-state index contributed by atoms with van der Waals surface area (Å²) >= 11 is 0. The molecular formula is C21H16FN3O4S. The number of halogens is 1. The molecule has 2 aromatic carbocycles. The van der Waals surface area contributed by atoms with Crippen molar-refractivity contribution in [1.29, 1.82) is 0 Å². The second-order valence-electron chi connectivity index (χ2n) is 6.39. The zero-order valence-electron chi connectivity index (χ0n) is 15.7. The van der Waals surface area contributed by atoms with Gasteiger partial charge in [-0.15, -0.1) is 3.89 Å². The fourth-order valence-corrected chi connectivity index (χ4v) is 3.50. The number of methoxy groups -OCH3 is 1. The molecule has 2 heterocycles. The molecule has 9 heteroatoms. The number of anilines is 2. The first-order valence-corrected chi connectivity index (χ1v) is 10.2. The van der Waals surface area contributed by atoms with E-state index in [1.54, 1.807) is 24.3 Å². The molecule has 0 aliphatic heterocycles. The Hall–Kier alpha value is -3.72. The van der Waals surface area contributed by atoms with Gasteiger partial charge in [-0.3, -0.25) is 4.40 Å². The van der Waals surface area contributed by atoms with Crippen LogP contribution in [0.3, 0.4) is 0 Å². The van der Waals surface area contributed by atoms with E-state index in [9.17, 15) is 17.1 Å². The molecule has 0 saturated heterocycles. The maximum atomic E-state index is 13.2. The van der Waals surface area contributed by atoms with Gasteiger partial charge >= 0.3 is 16.2 Å². The molecule has 0 aliphatic carbocycles. The van der Waals surface area contributed by atoms with Crippen molar-refractivity contribution >= 4 is 33.3 Å². The van der Waals surface area contributed by atoms with Crippen LogP contribution in [-0.2, 0) is 15.0 Å². The first kappa shape index (κ1) is 19.6. The average Bonchev–Trinajstić information content (AvgIpc) is 3.11. The van der Waals surface area contributed by atoms with Crippen molar-refractivity contribution in [1.82, 2.24) is 9.38 Å². The minimum Gasteiger partial charge on any atom is -0.465 e. The third-order valence-electron chi connectivity index (χ3n) is 4.51. The number of rotatable bonds is 5. The lowest BCUT2D eigenvalue weighted by Crippen LogP contribution is -2.01. The number of imidazole rings is 1. The van der Waals surface area contributed by atoms with Crippen LogP contribution in [0.1, 0.15) is 10.4 Å². The minimum atomic E-state index is -4.78. The summed E-state index contributed by atoms with van der Waals surface area (Å²) in [6.07, 6.45) is 1.83. The lowest BCUT2D eigenvalue weighted by atomic mass is 10.1. The number of aromatic nitrogens is 2. The van der Waals surface area contributed by atoms with Crippen molar-refractivity contribution in [3.63, 3.8) is 0 Å². The second kappa shape index (κ2) is 7.60. The molecule has 2 aromatic heterocycles. The molecule has 7 nitrogen and oxygen atoms in total. The number of pyridine rings is 1. The standard InChI is InChI=1S/C21H16FN3O4S/c1-29-21(26)15-5-9-16(10-6-15)23-20-19(24-18-4-2-3-13-25(18)20)14-7-11-17(12-8-14)30(22,27)28/h2-13,23H,1H3. The summed E-state index contributed by atoms with van der Waals surface area (Å²) < 4.78 is 41.9. The van der Waals surface area contributed by atoms with Crippen molar-refractivity contribution in [2.24, 2.45) is 0 Å². The molecule has 0 saturated carbocycles. The van der Waals surface area contributed by atoms with Crippen molar-refractivity contribution in [2.75, 3.05) is 12.4 Å². The largest absolute Gasteiger partial charge is 0.465 e. The first-order chi connectivity index (χ1) is 14.4. The highest BCUT2D eigenvalue weighted by Gasteiger charge is 2.17. The summed E-state index contributed by atoms with van der Waals surface area (Å²) in [5, 5.41) is 3.28. The van der Waals surface area contributed by atoms with Gasteiger partial charge in [0, 0.05) is 17.4 Å². The molecule has 0 aliphatic rings. The molecule has 0 bridgehead atoms. The van der Waals surface area contributed by atoms with Crippen LogP contribution in [-0.4, -0.2) is 30.9 Å². The summed E-state index contributed by atoms with van der Waals surface area (Å²) in [6, 6.07) is 17.7. The predicted molar refractivity (Wildman–Crippen MR) is 110 cm³/mol. The van der Waals surface area contributed by atoms with E-state index >= 15 is 0 Å². The number of nitrogens with one attached hydrogen (secondary N) is 1. The van der Waals surface area contributed by atoms with Crippen molar-refractivity contribution in [3.05, 3.63) is 78.5 Å². The number of ether oxygens (including phenoxy) is 1. The lowest BCUT2D eigenvalue weighted by molar-refractivity contribution is 0.0600. The van der Waals surface area contributed by atoms with Crippen molar-refractivity contribution in [3.8, 4) is 11.3 Å². The van der Waals surface area contributed by atoms with E-state index in [-0.39, 0.29) is 0 Å². The smallest absolute Gasteiger partial charge is 0.337 e. The number of hydrogen-bond donors (Lipinski definition) is 1. The van der Waals surface area contributed by atoms with Gasteiger partial charge in [0.15, 0.2) is 0 Å². The fourth-order valence-electron chi connectivity index (χ4n) is 3.04. The molecule has 1 N–H and O–H groups in total. The summed E-state index contributed by atoms with van der Waals surface area (Å²) in [5.74, 6) is 0.201. The Bertz CT molecular complexity index is 1330. The lowest BCUT2D eigenvalue weighted by Gasteiger charge is -2.10. The summed E-state index contributed by atoms with van der Waals surface area (Å²) in [6.45, 7) is 0. The monoisotopic (exact) mass is 425 g/mol. The van der Waals surface area contributed by atoms with Gasteiger partial charge in [-0.1, -0.05) is 18.2 Å². The quantitative estimate of drug-likeness (QED) is 0.381. The molecular weight excluding hydrogens is 409 g/mol. The van der Waals surface area contributed by atoms with Crippen LogP contribution >= 0.6 is 0 Å². The first-order valence-electron chi connectivity index (χ1n) is 8.84. The second-order valence-corrected chi connectivity index (χ2v) is 7.74. The number of carbonyl (C=O) groups is 1. The molecule has 30 heavy (non-hydrogen) atoms. The SMILES string of the molecule is COC(=O)c1ccc(Nc2c(-c3ccc(S(=O)(=O)F)cc3)nc3ccccn23)cc1. The highest BCUT2D eigenvalue weighted by atomic mass is 32.3. The van der Waals surface area contributed by atoms with Gasteiger partial charge in [0.05, 0.1) is 17.6 Å². The Morgan fingerprint density at radius 3 is 2.37 bits per heavy atom. The normalized spacial score (nSPS) is 11.4. The van der Waals surface area contributed by atoms with Crippen LogP contribution in [0.2, 0.25) is 0 Å². The van der Waals surface area contributed by atoms with E-state index in [2.05, 4.69) is 10.3 Å². The molecule has 0 radical (unpaired) electrons. The Labute approximate surface area is 172 Å². The van der Waals surface area contributed by atoms with Gasteiger partial charge in [-0.05, 0) is 48.5 Å². The van der Waals surface area contributed by atoms with Crippen molar-refractivity contribution < 1.29 is 21.8 Å². The Morgan fingerprint density at radius 1 is 1.03 bits per heavy atom. The molecule has 152 valence electrons. The molecule has 0 amide bonds. The summed E-state index contributed by atoms with van der Waals surface area (Å²) in [5.41, 5.74) is 2.96. The fraction of sp³-hybridized carbons (Fsp3) is 0.0476. The van der Waals surface area contributed by atoms with Crippen LogP contribution < -0.4 is 5.32 Å². The van der Waals surface area contributed by atoms with Crippen LogP contribution in [0.25, 0.3) is 16.9 Å². The van der Waals surface area contributed by atoms with Gasteiger partial charge in [0.1, 0.15) is 17.2 Å². The van der Waals surface area contributed by atoms with E-state index in [0.717, 1.165) is 0 Å². The molecule has 0 unspecified atom stereocenters. The van der Waals surface area contributed by atoms with Gasteiger partial charge < -0.3 is 10.1 Å². The number of hydrogen-bond acceptors (Lipinski definition) is 6. The maximum Gasteiger partial charge on any atom is 0.337 e. The number of fused-ring (bicyclic) bond motifs is 1. The van der Waals surface area contributed by atoms with Crippen LogP contribution in [0.15, 0.2) is 77.8 Å². The van der Waals surface area contributed by atoms with Crippen molar-refractivity contribution in [2.45, 2.75) is 4.90 Å². The van der Waals surface area contributed by atoms with E-state index in [1.165, 1.54) is 31.4 Å². The van der Waals surface area contributed by atoms with E-state index in [0.29, 0.717) is 34.0 Å². The zero-order valence-corrected chi connectivity index (χ0v) is 16.6. The summed E-state index contributed by atoms with van der Waals surface area (Å²) in [4.78, 5) is 15.8. The van der Waals surface area contributed by atoms with E-state index < -0.39 is 21.1 Å². The number of carbonyl (C=O) groups excluding carboxylic acids is 1. The third kappa shape index (κ3) is 3.74. The third-order valence-corrected chi connectivity index (χ3v) is 5.34.